The third-order valence-corrected chi connectivity index (χ3v) is 5.87. The maximum atomic E-state index is 12.1. The average molecular weight is 483 g/mol. The number of morpholine rings is 1. The minimum atomic E-state index is -0.866. The first-order valence-corrected chi connectivity index (χ1v) is 9.57. The van der Waals surface area contributed by atoms with Crippen LogP contribution in [0.1, 0.15) is 32.4 Å². The number of aryl methyl sites for hydroxylation is 1. The van der Waals surface area contributed by atoms with E-state index in [1.807, 2.05) is 40.2 Å². The van der Waals surface area contributed by atoms with E-state index in [4.69, 9.17) is 4.74 Å². The lowest BCUT2D eigenvalue weighted by Crippen LogP contribution is -2.49. The average Bonchev–Trinajstić information content (AvgIpc) is 2.97. The Morgan fingerprint density at radius 2 is 2.24 bits per heavy atom. The van der Waals surface area contributed by atoms with Crippen molar-refractivity contribution < 1.29 is 8.95 Å². The van der Waals surface area contributed by atoms with Crippen molar-refractivity contribution in [3.8, 4) is 0 Å². The molecule has 0 amide bonds. The van der Waals surface area contributed by atoms with Crippen LogP contribution in [-0.4, -0.2) is 68.6 Å². The quantitative estimate of drug-likeness (QED) is 0.400. The number of nitrogens with one attached hydrogen (secondary N) is 1. The predicted octanol–water partition coefficient (Wildman–Crippen LogP) is 1.53. The summed E-state index contributed by atoms with van der Waals surface area (Å²) in [6.07, 6.45) is 3.82. The van der Waals surface area contributed by atoms with E-state index in [9.17, 15) is 4.21 Å². The maximum absolute atomic E-state index is 12.1. The van der Waals surface area contributed by atoms with Crippen LogP contribution in [0.3, 0.4) is 0 Å². The first-order chi connectivity index (χ1) is 11.3. The van der Waals surface area contributed by atoms with Crippen molar-refractivity contribution in [1.29, 1.82) is 0 Å². The zero-order valence-electron chi connectivity index (χ0n) is 15.7. The van der Waals surface area contributed by atoms with Crippen LogP contribution in [0.2, 0.25) is 0 Å². The van der Waals surface area contributed by atoms with Gasteiger partial charge in [0.15, 0.2) is 5.96 Å². The first-order valence-electron chi connectivity index (χ1n) is 8.25. The lowest BCUT2D eigenvalue weighted by Gasteiger charge is -2.34. The van der Waals surface area contributed by atoms with E-state index < -0.39 is 10.8 Å². The van der Waals surface area contributed by atoms with Gasteiger partial charge in [-0.15, -0.1) is 24.0 Å². The molecule has 1 aliphatic heterocycles. The maximum Gasteiger partial charge on any atom is 0.193 e. The number of halogens is 1. The van der Waals surface area contributed by atoms with Crippen LogP contribution in [0.5, 0.6) is 0 Å². The van der Waals surface area contributed by atoms with Crippen LogP contribution in [-0.2, 0) is 22.6 Å². The van der Waals surface area contributed by atoms with Gasteiger partial charge in [-0.2, -0.15) is 5.10 Å². The van der Waals surface area contributed by atoms with Crippen molar-refractivity contribution in [3.63, 3.8) is 0 Å². The van der Waals surface area contributed by atoms with Gasteiger partial charge in [0.25, 0.3) is 0 Å². The number of hydrogen-bond donors (Lipinski definition) is 1. The monoisotopic (exact) mass is 483 g/mol. The highest BCUT2D eigenvalue weighted by atomic mass is 127. The molecule has 1 fully saturated rings. The number of nitrogens with zero attached hydrogens (tertiary/aromatic N) is 4. The van der Waals surface area contributed by atoms with E-state index in [2.05, 4.69) is 20.3 Å². The summed E-state index contributed by atoms with van der Waals surface area (Å²) in [4.78, 5) is 6.54. The van der Waals surface area contributed by atoms with E-state index >= 15 is 0 Å². The molecule has 2 unspecified atom stereocenters. The lowest BCUT2D eigenvalue weighted by molar-refractivity contribution is -0.00798. The van der Waals surface area contributed by atoms with Crippen LogP contribution in [0.25, 0.3) is 0 Å². The van der Waals surface area contributed by atoms with Gasteiger partial charge < -0.3 is 15.0 Å². The molecule has 2 rings (SSSR count). The Labute approximate surface area is 170 Å². The van der Waals surface area contributed by atoms with Crippen molar-refractivity contribution in [2.75, 3.05) is 39.0 Å². The standard InChI is InChI=1S/C16H29N5O2S.HI/c1-16(2,3)24(22)9-6-18-15(17-4)21-7-8-23-14(12-21)13-10-19-20(5)11-13;/h10-11,14H,6-9,12H2,1-5H3,(H,17,18);1H. The second kappa shape index (κ2) is 9.86. The van der Waals surface area contributed by atoms with Crippen molar-refractivity contribution >= 4 is 40.7 Å². The highest BCUT2D eigenvalue weighted by Crippen LogP contribution is 2.21. The molecule has 1 N–H and O–H groups in total. The van der Waals surface area contributed by atoms with E-state index in [0.717, 1.165) is 24.6 Å². The number of aliphatic imine (C=N–C) groups is 1. The number of hydrogen-bond acceptors (Lipinski definition) is 4. The van der Waals surface area contributed by atoms with E-state index in [1.165, 1.54) is 0 Å². The SMILES string of the molecule is CN=C(NCCS(=O)C(C)(C)C)N1CCOC(c2cnn(C)c2)C1.I. The summed E-state index contributed by atoms with van der Waals surface area (Å²) >= 11 is 0. The molecule has 144 valence electrons. The zero-order chi connectivity index (χ0) is 17.7. The number of rotatable bonds is 4. The predicted molar refractivity (Wildman–Crippen MR) is 113 cm³/mol. The molecule has 0 saturated carbocycles. The molecule has 1 aromatic rings. The normalized spacial score (nSPS) is 20.1. The molecule has 0 aliphatic carbocycles. The topological polar surface area (TPSA) is 71.8 Å². The number of guanidine groups is 1. The van der Waals surface area contributed by atoms with Gasteiger partial charge in [-0.25, -0.2) is 0 Å². The molecule has 7 nitrogen and oxygen atoms in total. The van der Waals surface area contributed by atoms with Gasteiger partial charge in [0, 0.05) is 60.2 Å². The molecule has 2 atom stereocenters. The Balaban J connectivity index is 0.00000312. The zero-order valence-corrected chi connectivity index (χ0v) is 18.8. The van der Waals surface area contributed by atoms with Crippen molar-refractivity contribution in [3.05, 3.63) is 18.0 Å². The Morgan fingerprint density at radius 3 is 2.80 bits per heavy atom. The van der Waals surface area contributed by atoms with Gasteiger partial charge in [-0.05, 0) is 20.8 Å². The second-order valence-electron chi connectivity index (χ2n) is 6.89. The Bertz CT molecular complexity index is 600. The van der Waals surface area contributed by atoms with Crippen molar-refractivity contribution in [2.24, 2.45) is 12.0 Å². The Kier molecular flexibility index (Phi) is 8.82. The number of ether oxygens (including phenoxy) is 1. The molecule has 1 aromatic heterocycles. The van der Waals surface area contributed by atoms with Crippen LogP contribution in [0, 0.1) is 0 Å². The van der Waals surface area contributed by atoms with E-state index in [-0.39, 0.29) is 34.8 Å². The molecule has 9 heteroatoms. The molecular formula is C16H30IN5O2S. The fraction of sp³-hybridized carbons (Fsp3) is 0.750. The minimum Gasteiger partial charge on any atom is -0.370 e. The second-order valence-corrected chi connectivity index (χ2v) is 9.21. The molecule has 1 aliphatic rings. The van der Waals surface area contributed by atoms with Crippen LogP contribution >= 0.6 is 24.0 Å². The van der Waals surface area contributed by atoms with Gasteiger partial charge in [0.1, 0.15) is 6.10 Å². The van der Waals surface area contributed by atoms with Gasteiger partial charge >= 0.3 is 0 Å². The summed E-state index contributed by atoms with van der Waals surface area (Å²) in [5.74, 6) is 1.44. The Hall–Kier alpha value is -0.680. The van der Waals surface area contributed by atoms with Crippen LogP contribution in [0.4, 0.5) is 0 Å². The van der Waals surface area contributed by atoms with E-state index in [1.54, 1.807) is 11.7 Å². The molecule has 2 heterocycles. The smallest absolute Gasteiger partial charge is 0.193 e. The molecule has 0 spiro atoms. The third kappa shape index (κ3) is 6.52. The minimum absolute atomic E-state index is 0. The summed E-state index contributed by atoms with van der Waals surface area (Å²) in [7, 11) is 2.81. The summed E-state index contributed by atoms with van der Waals surface area (Å²) in [5.41, 5.74) is 1.08. The third-order valence-electron chi connectivity index (χ3n) is 3.93. The Morgan fingerprint density at radius 1 is 1.52 bits per heavy atom. The molecule has 0 bridgehead atoms. The van der Waals surface area contributed by atoms with Crippen molar-refractivity contribution in [2.45, 2.75) is 31.6 Å². The summed E-state index contributed by atoms with van der Waals surface area (Å²) in [6.45, 7) is 8.81. The van der Waals surface area contributed by atoms with Crippen molar-refractivity contribution in [1.82, 2.24) is 20.0 Å². The fourth-order valence-electron chi connectivity index (χ4n) is 2.54. The summed E-state index contributed by atoms with van der Waals surface area (Å²) in [5, 5.41) is 7.54. The van der Waals surface area contributed by atoms with E-state index in [0.29, 0.717) is 18.9 Å². The lowest BCUT2D eigenvalue weighted by atomic mass is 10.1. The molecule has 0 aromatic carbocycles. The van der Waals surface area contributed by atoms with Gasteiger partial charge in [0.2, 0.25) is 0 Å². The summed E-state index contributed by atoms with van der Waals surface area (Å²) in [6, 6.07) is 0. The van der Waals surface area contributed by atoms with Crippen LogP contribution < -0.4 is 5.32 Å². The highest BCUT2D eigenvalue weighted by molar-refractivity contribution is 14.0. The molecule has 1 saturated heterocycles. The van der Waals surface area contributed by atoms with Crippen LogP contribution in [0.15, 0.2) is 17.4 Å². The summed E-state index contributed by atoms with van der Waals surface area (Å²) < 4.78 is 19.6. The van der Waals surface area contributed by atoms with Gasteiger partial charge in [-0.3, -0.25) is 13.9 Å². The first kappa shape index (κ1) is 22.4. The largest absolute Gasteiger partial charge is 0.370 e. The fourth-order valence-corrected chi connectivity index (χ4v) is 3.44. The highest BCUT2D eigenvalue weighted by Gasteiger charge is 2.25. The molecule has 0 radical (unpaired) electrons. The number of aromatic nitrogens is 2. The van der Waals surface area contributed by atoms with Gasteiger partial charge in [0.05, 0.1) is 19.3 Å². The van der Waals surface area contributed by atoms with Gasteiger partial charge in [-0.1, -0.05) is 0 Å². The molecule has 25 heavy (non-hydrogen) atoms. The molecular weight excluding hydrogens is 453 g/mol.